The van der Waals surface area contributed by atoms with Gasteiger partial charge < -0.3 is 9.64 Å². The summed E-state index contributed by atoms with van der Waals surface area (Å²) in [5.41, 5.74) is 1.82. The molecule has 0 amide bonds. The number of aromatic nitrogens is 2. The largest absolute Gasteiger partial charge is 0.497 e. The van der Waals surface area contributed by atoms with Gasteiger partial charge in [0.15, 0.2) is 0 Å². The molecule has 4 rings (SSSR count). The number of rotatable bonds is 3. The maximum Gasteiger partial charge on any atom is 0.260 e. The standard InChI is InChI=1S/C19H19N3O2/c1-24-14-7-4-6-13(12-14)17-10-5-11-22(17)19-20-16-9-3-2-8-15(16)18(23)21-19/h2-4,6-9,12,17H,5,10-11H2,1H3,(H,20,21,23)/t17-/m1/s1. The molecule has 1 aromatic heterocycles. The summed E-state index contributed by atoms with van der Waals surface area (Å²) in [6.07, 6.45) is 2.10. The Labute approximate surface area is 139 Å². The van der Waals surface area contributed by atoms with Crippen LogP contribution in [0.5, 0.6) is 5.75 Å². The molecule has 5 heteroatoms. The number of benzene rings is 2. The molecule has 0 saturated carbocycles. The number of anilines is 1. The smallest absolute Gasteiger partial charge is 0.260 e. The topological polar surface area (TPSA) is 58.2 Å². The van der Waals surface area contributed by atoms with E-state index < -0.39 is 0 Å². The maximum atomic E-state index is 12.4. The fraction of sp³-hybridized carbons (Fsp3) is 0.263. The summed E-state index contributed by atoms with van der Waals surface area (Å²) in [4.78, 5) is 22.2. The first-order valence-electron chi connectivity index (χ1n) is 8.16. The molecule has 0 radical (unpaired) electrons. The summed E-state index contributed by atoms with van der Waals surface area (Å²) in [5, 5.41) is 0.623. The van der Waals surface area contributed by atoms with Crippen molar-refractivity contribution >= 4 is 16.9 Å². The quantitative estimate of drug-likeness (QED) is 0.804. The number of hydrogen-bond donors (Lipinski definition) is 1. The normalized spacial score (nSPS) is 17.4. The number of aromatic amines is 1. The summed E-state index contributed by atoms with van der Waals surface area (Å²) < 4.78 is 5.34. The second-order valence-corrected chi connectivity index (χ2v) is 6.03. The van der Waals surface area contributed by atoms with Gasteiger partial charge in [-0.15, -0.1) is 0 Å². The van der Waals surface area contributed by atoms with Crippen LogP contribution in [0.4, 0.5) is 5.95 Å². The number of hydrogen-bond acceptors (Lipinski definition) is 4. The van der Waals surface area contributed by atoms with Crippen LogP contribution >= 0.6 is 0 Å². The van der Waals surface area contributed by atoms with Gasteiger partial charge in [0.1, 0.15) is 5.75 Å². The molecular weight excluding hydrogens is 302 g/mol. The molecule has 0 spiro atoms. The van der Waals surface area contributed by atoms with Crippen molar-refractivity contribution in [1.29, 1.82) is 0 Å². The molecule has 2 aromatic carbocycles. The average molecular weight is 321 g/mol. The highest BCUT2D eigenvalue weighted by Gasteiger charge is 2.28. The molecule has 5 nitrogen and oxygen atoms in total. The van der Waals surface area contributed by atoms with Crippen molar-refractivity contribution in [3.05, 3.63) is 64.4 Å². The Morgan fingerprint density at radius 2 is 2.08 bits per heavy atom. The number of para-hydroxylation sites is 1. The first-order chi connectivity index (χ1) is 11.8. The molecule has 0 aliphatic carbocycles. The van der Waals surface area contributed by atoms with Gasteiger partial charge in [0.2, 0.25) is 5.95 Å². The highest BCUT2D eigenvalue weighted by Crippen LogP contribution is 2.35. The monoisotopic (exact) mass is 321 g/mol. The third-order valence-corrected chi connectivity index (χ3v) is 4.60. The SMILES string of the molecule is COc1cccc([C@H]2CCCN2c2nc3ccccc3c(=O)[nH]2)c1. The number of nitrogens with one attached hydrogen (secondary N) is 1. The molecule has 1 aliphatic heterocycles. The Bertz CT molecular complexity index is 935. The maximum absolute atomic E-state index is 12.4. The fourth-order valence-electron chi connectivity index (χ4n) is 3.43. The number of methoxy groups -OCH3 is 1. The Morgan fingerprint density at radius 3 is 2.96 bits per heavy atom. The molecule has 3 aromatic rings. The molecule has 1 N–H and O–H groups in total. The van der Waals surface area contributed by atoms with Crippen LogP contribution in [0.25, 0.3) is 10.9 Å². The highest BCUT2D eigenvalue weighted by molar-refractivity contribution is 5.78. The average Bonchev–Trinajstić information content (AvgIpc) is 3.11. The van der Waals surface area contributed by atoms with Crippen molar-refractivity contribution in [3.63, 3.8) is 0 Å². The van der Waals surface area contributed by atoms with Crippen LogP contribution in [0, 0.1) is 0 Å². The van der Waals surface area contributed by atoms with Gasteiger partial charge in [0, 0.05) is 6.54 Å². The van der Waals surface area contributed by atoms with Crippen molar-refractivity contribution in [1.82, 2.24) is 9.97 Å². The van der Waals surface area contributed by atoms with E-state index in [1.54, 1.807) is 13.2 Å². The van der Waals surface area contributed by atoms with Gasteiger partial charge in [0.25, 0.3) is 5.56 Å². The van der Waals surface area contributed by atoms with Crippen LogP contribution in [0.3, 0.4) is 0 Å². The van der Waals surface area contributed by atoms with Crippen LogP contribution < -0.4 is 15.2 Å². The Balaban J connectivity index is 1.76. The molecule has 1 saturated heterocycles. The lowest BCUT2D eigenvalue weighted by atomic mass is 10.0. The van der Waals surface area contributed by atoms with Crippen LogP contribution in [0.15, 0.2) is 53.3 Å². The Kier molecular flexibility index (Phi) is 3.69. The van der Waals surface area contributed by atoms with Crippen LogP contribution in [-0.2, 0) is 0 Å². The molecule has 2 heterocycles. The zero-order valence-electron chi connectivity index (χ0n) is 13.5. The van der Waals surface area contributed by atoms with E-state index >= 15 is 0 Å². The van der Waals surface area contributed by atoms with Crippen molar-refractivity contribution < 1.29 is 4.74 Å². The summed E-state index contributed by atoms with van der Waals surface area (Å²) in [7, 11) is 1.67. The molecule has 24 heavy (non-hydrogen) atoms. The summed E-state index contributed by atoms with van der Waals surface area (Å²) >= 11 is 0. The number of ether oxygens (including phenoxy) is 1. The predicted octanol–water partition coefficient (Wildman–Crippen LogP) is 3.27. The van der Waals surface area contributed by atoms with E-state index in [9.17, 15) is 4.79 Å². The Hall–Kier alpha value is -2.82. The molecule has 1 fully saturated rings. The number of H-pyrrole nitrogens is 1. The van der Waals surface area contributed by atoms with E-state index in [0.29, 0.717) is 11.3 Å². The second-order valence-electron chi connectivity index (χ2n) is 6.03. The minimum Gasteiger partial charge on any atom is -0.497 e. The molecule has 1 aliphatic rings. The van der Waals surface area contributed by atoms with E-state index in [2.05, 4.69) is 27.0 Å². The molecular formula is C19H19N3O2. The van der Waals surface area contributed by atoms with Gasteiger partial charge in [-0.1, -0.05) is 24.3 Å². The molecule has 0 bridgehead atoms. The summed E-state index contributed by atoms with van der Waals surface area (Å²) in [6.45, 7) is 0.878. The van der Waals surface area contributed by atoms with E-state index in [-0.39, 0.29) is 11.6 Å². The van der Waals surface area contributed by atoms with E-state index in [1.807, 2.05) is 30.3 Å². The zero-order valence-corrected chi connectivity index (χ0v) is 13.5. The van der Waals surface area contributed by atoms with Gasteiger partial charge in [-0.3, -0.25) is 9.78 Å². The lowest BCUT2D eigenvalue weighted by Gasteiger charge is -2.26. The van der Waals surface area contributed by atoms with Gasteiger partial charge in [-0.05, 0) is 42.7 Å². The minimum atomic E-state index is -0.0908. The molecule has 0 unspecified atom stereocenters. The third kappa shape index (κ3) is 2.52. The van der Waals surface area contributed by atoms with E-state index in [0.717, 1.165) is 30.7 Å². The Morgan fingerprint density at radius 1 is 1.21 bits per heavy atom. The number of fused-ring (bicyclic) bond motifs is 1. The minimum absolute atomic E-state index is 0.0908. The van der Waals surface area contributed by atoms with Gasteiger partial charge in [-0.25, -0.2) is 4.98 Å². The van der Waals surface area contributed by atoms with Crippen LogP contribution in [0.2, 0.25) is 0 Å². The van der Waals surface area contributed by atoms with Crippen LogP contribution in [0.1, 0.15) is 24.4 Å². The second kappa shape index (κ2) is 6.00. The lowest BCUT2D eigenvalue weighted by Crippen LogP contribution is -2.27. The lowest BCUT2D eigenvalue weighted by molar-refractivity contribution is 0.414. The highest BCUT2D eigenvalue weighted by atomic mass is 16.5. The number of nitrogens with zero attached hydrogens (tertiary/aromatic N) is 2. The van der Waals surface area contributed by atoms with Gasteiger partial charge in [0.05, 0.1) is 24.1 Å². The molecule has 122 valence electrons. The summed E-state index contributed by atoms with van der Waals surface area (Å²) in [5.74, 6) is 1.49. The van der Waals surface area contributed by atoms with Crippen molar-refractivity contribution in [2.45, 2.75) is 18.9 Å². The van der Waals surface area contributed by atoms with E-state index in [1.165, 1.54) is 5.56 Å². The fourth-order valence-corrected chi connectivity index (χ4v) is 3.43. The van der Waals surface area contributed by atoms with Crippen LogP contribution in [-0.4, -0.2) is 23.6 Å². The van der Waals surface area contributed by atoms with Gasteiger partial charge in [-0.2, -0.15) is 0 Å². The first kappa shape index (κ1) is 14.8. The van der Waals surface area contributed by atoms with Crippen molar-refractivity contribution in [2.24, 2.45) is 0 Å². The third-order valence-electron chi connectivity index (χ3n) is 4.60. The predicted molar refractivity (Wildman–Crippen MR) is 94.7 cm³/mol. The molecule has 1 atom stereocenters. The van der Waals surface area contributed by atoms with E-state index in [4.69, 9.17) is 4.74 Å². The summed E-state index contributed by atoms with van der Waals surface area (Å²) in [6, 6.07) is 15.7. The van der Waals surface area contributed by atoms with Crippen molar-refractivity contribution in [3.8, 4) is 5.75 Å². The first-order valence-corrected chi connectivity index (χ1v) is 8.16. The van der Waals surface area contributed by atoms with Crippen molar-refractivity contribution in [2.75, 3.05) is 18.6 Å². The zero-order chi connectivity index (χ0) is 16.5. The van der Waals surface area contributed by atoms with Gasteiger partial charge >= 0.3 is 0 Å².